The Morgan fingerprint density at radius 1 is 0.983 bits per heavy atom. The van der Waals surface area contributed by atoms with Crippen molar-refractivity contribution in [3.8, 4) is 11.9 Å². The number of anilines is 1. The maximum atomic E-state index is 13.6. The second-order valence-corrected chi connectivity index (χ2v) is 17.1. The van der Waals surface area contributed by atoms with Crippen molar-refractivity contribution < 1.29 is 41.8 Å². The molecule has 5 amide bonds. The number of nitrogens with one attached hydrogen (secondary N) is 1. The van der Waals surface area contributed by atoms with Gasteiger partial charge < -0.3 is 9.47 Å². The van der Waals surface area contributed by atoms with Gasteiger partial charge in [-0.05, 0) is 108 Å². The van der Waals surface area contributed by atoms with E-state index in [1.807, 2.05) is 0 Å². The molecule has 4 heterocycles. The normalized spacial score (nSPS) is 25.7. The van der Waals surface area contributed by atoms with Gasteiger partial charge in [-0.3, -0.25) is 33.8 Å². The Bertz CT molecular complexity index is 1860. The first kappa shape index (κ1) is 45.1. The number of carbonyl (C=O) groups is 4. The van der Waals surface area contributed by atoms with Gasteiger partial charge in [0.25, 0.3) is 5.91 Å². The number of nitrogens with zero attached hydrogens (tertiary/aromatic N) is 6. The van der Waals surface area contributed by atoms with Crippen molar-refractivity contribution in [2.24, 2.45) is 0 Å². The van der Waals surface area contributed by atoms with Crippen molar-refractivity contribution in [2.45, 2.75) is 114 Å². The molecule has 2 aromatic rings. The predicted molar refractivity (Wildman–Crippen MR) is 213 cm³/mol. The summed E-state index contributed by atoms with van der Waals surface area (Å²) in [6.07, 6.45) is 1.61. The van der Waals surface area contributed by atoms with Crippen LogP contribution in [0.4, 0.5) is 23.7 Å². The molecular weight excluding hydrogens is 799 g/mol. The highest BCUT2D eigenvalue weighted by molar-refractivity contribution is 7.98. The number of alkyl halides is 3. The number of carbonyl (C=O) groups excluding carboxylic acids is 4. The lowest BCUT2D eigenvalue weighted by molar-refractivity contribution is -0.138. The molecule has 316 valence electrons. The Balaban J connectivity index is 0.00000641. The summed E-state index contributed by atoms with van der Waals surface area (Å²) in [5, 5.41) is 11.6. The minimum atomic E-state index is -4.82. The van der Waals surface area contributed by atoms with Crippen LogP contribution in [0.1, 0.15) is 95.2 Å². The number of amides is 5. The molecule has 6 rings (SSSR count). The molecule has 0 radical (unpaired) electrons. The molecule has 58 heavy (non-hydrogen) atoms. The lowest BCUT2D eigenvalue weighted by Crippen LogP contribution is -2.57. The quantitative estimate of drug-likeness (QED) is 0.105. The molecule has 13 nitrogen and oxygen atoms in total. The van der Waals surface area contributed by atoms with E-state index in [0.717, 1.165) is 74.8 Å². The molecule has 3 saturated heterocycles. The molecule has 1 N–H and O–H groups in total. The third-order valence-electron chi connectivity index (χ3n) is 11.3. The summed E-state index contributed by atoms with van der Waals surface area (Å²) in [7, 11) is 0. The predicted octanol–water partition coefficient (Wildman–Crippen LogP) is 6.30. The van der Waals surface area contributed by atoms with Crippen molar-refractivity contribution >= 4 is 53.8 Å². The average molecular weight is 850 g/mol. The van der Waals surface area contributed by atoms with E-state index in [0.29, 0.717) is 50.1 Å². The number of hydrogen-bond acceptors (Lipinski definition) is 11. The fourth-order valence-corrected chi connectivity index (χ4v) is 9.53. The molecule has 3 atom stereocenters. The number of pyridine rings is 1. The van der Waals surface area contributed by atoms with E-state index in [9.17, 15) is 32.3 Å². The van der Waals surface area contributed by atoms with Crippen LogP contribution >= 0.6 is 24.4 Å². The standard InChI is InChI=1S/C40H50F3N7O6S.ClH/c1-25-23-47(24-26(2)48(25)16-5-18-56-35-20-27(14-15-45-35)32-12-13-34(51)46-36(32)52)17-19-55-30-8-10-31(11-9-30)57-50-38(54)49(37(53)39(50,3)4)29-7-6-28(22-44)33(21-29)40(41,42)43;/h6-7,14-15,20-21,25-26,30-32H,5,8-13,16-19,23-24H2,1-4H3,(H,46,51,52);1H/t25-,26+,30?,31?,32?;. The van der Waals surface area contributed by atoms with Crippen LogP contribution in [0.25, 0.3) is 0 Å². The van der Waals surface area contributed by atoms with E-state index in [1.54, 1.807) is 32.2 Å². The number of aromatic nitrogens is 1. The topological polar surface area (TPSA) is 148 Å². The highest BCUT2D eigenvalue weighted by Crippen LogP contribution is 2.43. The van der Waals surface area contributed by atoms with Crippen molar-refractivity contribution in [2.75, 3.05) is 44.3 Å². The van der Waals surface area contributed by atoms with Gasteiger partial charge in [0.2, 0.25) is 17.7 Å². The van der Waals surface area contributed by atoms with E-state index in [2.05, 4.69) is 33.9 Å². The zero-order valence-electron chi connectivity index (χ0n) is 33.1. The van der Waals surface area contributed by atoms with Gasteiger partial charge in [-0.15, -0.1) is 12.4 Å². The van der Waals surface area contributed by atoms with E-state index < -0.39 is 34.8 Å². The molecular formula is C40H51ClF3N7O6S. The van der Waals surface area contributed by atoms with Crippen LogP contribution in [0.15, 0.2) is 36.5 Å². The van der Waals surface area contributed by atoms with Crippen molar-refractivity contribution in [1.29, 1.82) is 5.26 Å². The number of piperazine rings is 1. The maximum absolute atomic E-state index is 13.6. The molecule has 3 aliphatic heterocycles. The van der Waals surface area contributed by atoms with Crippen LogP contribution in [0.3, 0.4) is 0 Å². The maximum Gasteiger partial charge on any atom is 0.417 e. The van der Waals surface area contributed by atoms with Crippen molar-refractivity contribution in [1.82, 2.24) is 24.4 Å². The monoisotopic (exact) mass is 849 g/mol. The number of imide groups is 2. The van der Waals surface area contributed by atoms with E-state index in [4.69, 9.17) is 14.7 Å². The second-order valence-electron chi connectivity index (χ2n) is 15.8. The Hall–Kier alpha value is -3.95. The summed E-state index contributed by atoms with van der Waals surface area (Å²) in [5.41, 5.74) is -2.47. The molecule has 4 aliphatic rings. The average Bonchev–Trinajstić information content (AvgIpc) is 3.32. The molecule has 1 aliphatic carbocycles. The van der Waals surface area contributed by atoms with Gasteiger partial charge in [0, 0.05) is 62.2 Å². The highest BCUT2D eigenvalue weighted by Gasteiger charge is 2.53. The van der Waals surface area contributed by atoms with Crippen molar-refractivity contribution in [3.63, 3.8) is 0 Å². The molecule has 1 unspecified atom stereocenters. The summed E-state index contributed by atoms with van der Waals surface area (Å²) < 4.78 is 54.6. The number of halogens is 4. The third-order valence-corrected chi connectivity index (χ3v) is 12.9. The van der Waals surface area contributed by atoms with Gasteiger partial charge in [0.15, 0.2) is 0 Å². The highest BCUT2D eigenvalue weighted by atomic mass is 35.5. The smallest absolute Gasteiger partial charge is 0.417 e. The number of ether oxygens (including phenoxy) is 2. The molecule has 18 heteroatoms. The minimum absolute atomic E-state index is 0. The van der Waals surface area contributed by atoms with Crippen LogP contribution in [0.2, 0.25) is 0 Å². The summed E-state index contributed by atoms with van der Waals surface area (Å²) in [6.45, 7) is 12.3. The largest absolute Gasteiger partial charge is 0.478 e. The van der Waals surface area contributed by atoms with Crippen LogP contribution in [0, 0.1) is 11.3 Å². The lowest BCUT2D eigenvalue weighted by Gasteiger charge is -2.44. The summed E-state index contributed by atoms with van der Waals surface area (Å²) in [5.74, 6) is -1.06. The summed E-state index contributed by atoms with van der Waals surface area (Å²) in [4.78, 5) is 60.7. The fourth-order valence-electron chi connectivity index (χ4n) is 8.23. The van der Waals surface area contributed by atoms with Crippen molar-refractivity contribution in [3.05, 3.63) is 53.2 Å². The van der Waals surface area contributed by atoms with E-state index in [1.165, 1.54) is 28.4 Å². The van der Waals surface area contributed by atoms with Gasteiger partial charge in [-0.25, -0.2) is 14.7 Å². The first-order valence-electron chi connectivity index (χ1n) is 19.6. The first-order valence-corrected chi connectivity index (χ1v) is 20.4. The number of piperidine rings is 1. The van der Waals surface area contributed by atoms with Crippen LogP contribution in [-0.2, 0) is 25.3 Å². The minimum Gasteiger partial charge on any atom is -0.478 e. The fraction of sp³-hybridized carbons (Fsp3) is 0.600. The molecule has 1 aromatic heterocycles. The molecule has 4 fully saturated rings. The molecule has 1 saturated carbocycles. The zero-order chi connectivity index (χ0) is 41.1. The number of rotatable bonds is 13. The Labute approximate surface area is 347 Å². The van der Waals surface area contributed by atoms with Gasteiger partial charge >= 0.3 is 12.2 Å². The first-order chi connectivity index (χ1) is 27.1. The van der Waals surface area contributed by atoms with Gasteiger partial charge in [0.1, 0.15) is 5.54 Å². The molecule has 0 spiro atoms. The Morgan fingerprint density at radius 3 is 2.34 bits per heavy atom. The molecule has 1 aromatic carbocycles. The SMILES string of the molecule is C[C@@H]1CN(CCOC2CCC(SN3C(=O)N(c4ccc(C#N)c(C(F)(F)F)c4)C(=O)C3(C)C)CC2)C[C@H](C)N1CCCOc1cc(C2CCC(=O)NC2=O)ccn1.Cl. The Morgan fingerprint density at radius 2 is 1.69 bits per heavy atom. The van der Waals surface area contributed by atoms with Gasteiger partial charge in [-0.1, -0.05) is 0 Å². The number of nitriles is 1. The Kier molecular flexibility index (Phi) is 14.8. The zero-order valence-corrected chi connectivity index (χ0v) is 34.8. The number of hydrogen-bond donors (Lipinski definition) is 1. The molecule has 0 bridgehead atoms. The van der Waals surface area contributed by atoms with Crippen LogP contribution in [-0.4, -0.2) is 111 Å². The van der Waals surface area contributed by atoms with Crippen LogP contribution < -0.4 is 15.0 Å². The number of benzene rings is 1. The summed E-state index contributed by atoms with van der Waals surface area (Å²) in [6, 6.07) is 7.97. The lowest BCUT2D eigenvalue weighted by atomic mass is 9.91. The van der Waals surface area contributed by atoms with Gasteiger partial charge in [-0.2, -0.15) is 18.4 Å². The van der Waals surface area contributed by atoms with Crippen LogP contribution in [0.5, 0.6) is 5.88 Å². The number of urea groups is 1. The third kappa shape index (κ3) is 10.2. The van der Waals surface area contributed by atoms with E-state index in [-0.39, 0.29) is 47.2 Å². The second kappa shape index (κ2) is 19.0. The van der Waals surface area contributed by atoms with Gasteiger partial charge in [0.05, 0.1) is 48.1 Å². The van der Waals surface area contributed by atoms with E-state index >= 15 is 0 Å². The summed E-state index contributed by atoms with van der Waals surface area (Å²) >= 11 is 1.27.